The molecule has 4 aliphatic rings. The highest BCUT2D eigenvalue weighted by Gasteiger charge is 2.55. The van der Waals surface area contributed by atoms with Crippen molar-refractivity contribution in [2.24, 2.45) is 5.92 Å². The number of unbranched alkanes of at least 4 members (excludes halogenated alkanes) is 6. The van der Waals surface area contributed by atoms with Gasteiger partial charge in [-0.25, -0.2) is 0 Å². The van der Waals surface area contributed by atoms with E-state index in [0.717, 1.165) is 38.5 Å². The molecule has 22 atom stereocenters. The van der Waals surface area contributed by atoms with E-state index in [1.807, 2.05) is 6.92 Å². The summed E-state index contributed by atoms with van der Waals surface area (Å²) in [5, 5.41) is 128. The number of aliphatic carboxylic acids is 1. The Balaban J connectivity index is 1.54. The highest BCUT2D eigenvalue weighted by atomic mass is 16.8. The van der Waals surface area contributed by atoms with E-state index in [0.29, 0.717) is 32.1 Å². The minimum atomic E-state index is -1.92. The number of hydrogen-bond acceptors (Lipinski definition) is 22. The van der Waals surface area contributed by atoms with E-state index in [-0.39, 0.29) is 18.8 Å². The average Bonchev–Trinajstić information content (AvgIpc) is 3.28. The van der Waals surface area contributed by atoms with Crippen LogP contribution in [-0.4, -0.2) is 221 Å². The maximum Gasteiger partial charge on any atom is 0.306 e. The molecule has 23 heteroatoms. The molecule has 0 bridgehead atoms. The molecule has 23 nitrogen and oxygen atoms in total. The van der Waals surface area contributed by atoms with Crippen LogP contribution in [0, 0.1) is 5.92 Å². The molecule has 0 spiro atoms. The van der Waals surface area contributed by atoms with Crippen molar-refractivity contribution in [3.8, 4) is 0 Å². The number of carboxylic acids is 1. The fourth-order valence-electron chi connectivity index (χ4n) is 8.74. The Kier molecular flexibility index (Phi) is 24.6. The molecule has 4 fully saturated rings. The molecular formula is C45H80O23. The Labute approximate surface area is 397 Å². The lowest BCUT2D eigenvalue weighted by Crippen LogP contribution is -2.67. The topological polar surface area (TPSA) is 360 Å². The van der Waals surface area contributed by atoms with E-state index in [1.165, 1.54) is 13.8 Å². The van der Waals surface area contributed by atoms with Crippen molar-refractivity contribution >= 4 is 11.9 Å². The van der Waals surface area contributed by atoms with Crippen LogP contribution in [0.2, 0.25) is 0 Å². The Bertz CT molecular complexity index is 1460. The lowest BCUT2D eigenvalue weighted by Gasteiger charge is -2.49. The monoisotopic (exact) mass is 989 g/mol. The minimum Gasteiger partial charge on any atom is -0.481 e. The van der Waals surface area contributed by atoms with Gasteiger partial charge in [0.05, 0.1) is 44.1 Å². The molecule has 0 aliphatic carbocycles. The molecule has 0 amide bonds. The van der Waals surface area contributed by atoms with Gasteiger partial charge in [-0.3, -0.25) is 9.59 Å². The maximum atomic E-state index is 12.5. The number of carbonyl (C=O) groups excluding carboxylic acids is 1. The van der Waals surface area contributed by atoms with Gasteiger partial charge in [0.25, 0.3) is 0 Å². The second-order valence-electron chi connectivity index (χ2n) is 19.0. The van der Waals surface area contributed by atoms with E-state index >= 15 is 0 Å². The zero-order chi connectivity index (χ0) is 50.4. The van der Waals surface area contributed by atoms with E-state index in [4.69, 9.17) is 47.7 Å². The van der Waals surface area contributed by atoms with E-state index in [2.05, 4.69) is 0 Å². The van der Waals surface area contributed by atoms with Crippen molar-refractivity contribution < 1.29 is 113 Å². The Morgan fingerprint density at radius 3 is 1.71 bits per heavy atom. The normalized spacial score (nSPS) is 40.0. The quantitative estimate of drug-likeness (QED) is 0.0327. The average molecular weight is 989 g/mol. The van der Waals surface area contributed by atoms with Crippen LogP contribution in [-0.2, 0) is 52.2 Å². The van der Waals surface area contributed by atoms with Crippen LogP contribution in [0.25, 0.3) is 0 Å². The van der Waals surface area contributed by atoms with Gasteiger partial charge in [0.15, 0.2) is 31.3 Å². The summed E-state index contributed by atoms with van der Waals surface area (Å²) in [5.41, 5.74) is 0. The van der Waals surface area contributed by atoms with Crippen molar-refractivity contribution in [3.05, 3.63) is 0 Å². The molecule has 398 valence electrons. The van der Waals surface area contributed by atoms with Gasteiger partial charge >= 0.3 is 11.9 Å². The molecule has 4 aliphatic heterocycles. The summed E-state index contributed by atoms with van der Waals surface area (Å²) >= 11 is 0. The zero-order valence-electron chi connectivity index (χ0n) is 39.7. The summed E-state index contributed by atoms with van der Waals surface area (Å²) in [4.78, 5) is 23.3. The van der Waals surface area contributed by atoms with Crippen LogP contribution >= 0.6 is 0 Å². The smallest absolute Gasteiger partial charge is 0.306 e. The molecular weight excluding hydrogens is 908 g/mol. The summed E-state index contributed by atoms with van der Waals surface area (Å²) < 4.78 is 53.5. The predicted octanol–water partition coefficient (Wildman–Crippen LogP) is -1.56. The van der Waals surface area contributed by atoms with Crippen molar-refractivity contribution in [3.63, 3.8) is 0 Å². The molecule has 4 saturated heterocycles. The van der Waals surface area contributed by atoms with Crippen LogP contribution < -0.4 is 0 Å². The van der Waals surface area contributed by atoms with Gasteiger partial charge in [-0.05, 0) is 39.0 Å². The second-order valence-corrected chi connectivity index (χ2v) is 19.0. The number of aliphatic hydroxyl groups excluding tert-OH is 11. The van der Waals surface area contributed by atoms with E-state index in [9.17, 15) is 65.8 Å². The Hall–Kier alpha value is -1.82. The molecule has 0 saturated carbocycles. The molecule has 4 heterocycles. The largest absolute Gasteiger partial charge is 0.481 e. The summed E-state index contributed by atoms with van der Waals surface area (Å²) in [7, 11) is 0. The number of rotatable bonds is 27. The fourth-order valence-corrected chi connectivity index (χ4v) is 8.74. The van der Waals surface area contributed by atoms with Crippen LogP contribution in [0.4, 0.5) is 0 Å². The van der Waals surface area contributed by atoms with Gasteiger partial charge in [-0.2, -0.15) is 0 Å². The first-order valence-corrected chi connectivity index (χ1v) is 24.2. The molecule has 0 aromatic rings. The third-order valence-electron chi connectivity index (χ3n) is 12.8. The van der Waals surface area contributed by atoms with Gasteiger partial charge in [0.2, 0.25) is 0 Å². The summed E-state index contributed by atoms with van der Waals surface area (Å²) in [6.45, 7) is 7.13. The third kappa shape index (κ3) is 16.6. The SMILES string of the molecule is CCCC[C@@H](CCCCCCCC[C@H](O)CC(=O)O)O[C@@H]1O[C@H](CO[C@@H]2O[C@@H](C)[C@H](O)[C@@H](O)[C@H]2O)[C@@H](O)[C@H](O)[C@H]1O[C@@H]1O[C@H](CO)[C@@H](O)[C@H](O)[C@H]1O[C@@H]1O[C@@H](C)[C@H](OC(=O)CC(C)C)[C@@H](O)[C@H]1O. The van der Waals surface area contributed by atoms with Crippen molar-refractivity contribution in [1.82, 2.24) is 0 Å². The molecule has 0 radical (unpaired) electrons. The summed E-state index contributed by atoms with van der Waals surface area (Å²) in [6, 6.07) is 0. The van der Waals surface area contributed by atoms with Crippen molar-refractivity contribution in [2.75, 3.05) is 13.2 Å². The Morgan fingerprint density at radius 2 is 1.09 bits per heavy atom. The number of carbonyl (C=O) groups is 2. The number of hydrogen-bond donors (Lipinski definition) is 12. The summed E-state index contributed by atoms with van der Waals surface area (Å²) in [5.74, 6) is -1.75. The zero-order valence-corrected chi connectivity index (χ0v) is 39.7. The van der Waals surface area contributed by atoms with E-state index in [1.54, 1.807) is 13.8 Å². The molecule has 0 aromatic heterocycles. The van der Waals surface area contributed by atoms with Gasteiger partial charge < -0.3 is 104 Å². The first-order chi connectivity index (χ1) is 32.2. The molecule has 12 N–H and O–H groups in total. The standard InChI is InChI=1S/C45H80O23/c1-6-7-15-25(16-13-11-9-8-10-12-14-24(47)18-28(48)49)63-44-40(35(56)32(53)27(65-44)20-60-42-37(58)33(54)30(51)22(4)61-42)68-45-41(34(55)31(52)26(19-46)64-45)67-43-38(59)36(57)39(23(5)62-43)66-29(50)17-21(2)3/h21-27,30-47,51-59H,6-20H2,1-5H3,(H,48,49)/t22-,23-,24-,25-,26+,27+,30-,31+,32+,33+,34-,35-,36-,37+,38+,39-,40+,41+,42+,43-,44+,45-/m0/s1. The highest BCUT2D eigenvalue weighted by molar-refractivity contribution is 5.70. The van der Waals surface area contributed by atoms with Gasteiger partial charge in [0.1, 0.15) is 79.4 Å². The maximum absolute atomic E-state index is 12.5. The Morgan fingerprint density at radius 1 is 0.559 bits per heavy atom. The predicted molar refractivity (Wildman–Crippen MR) is 232 cm³/mol. The third-order valence-corrected chi connectivity index (χ3v) is 12.8. The molecule has 4 rings (SSSR count). The summed E-state index contributed by atoms with van der Waals surface area (Å²) in [6.07, 6.45) is -26.1. The first kappa shape index (κ1) is 58.7. The van der Waals surface area contributed by atoms with E-state index < -0.39 is 160 Å². The number of ether oxygens (including phenoxy) is 9. The van der Waals surface area contributed by atoms with Crippen molar-refractivity contribution in [2.45, 2.75) is 253 Å². The van der Waals surface area contributed by atoms with Crippen molar-refractivity contribution in [1.29, 1.82) is 0 Å². The van der Waals surface area contributed by atoms with Crippen LogP contribution in [0.3, 0.4) is 0 Å². The number of esters is 1. The highest BCUT2D eigenvalue weighted by Crippen LogP contribution is 2.35. The first-order valence-electron chi connectivity index (χ1n) is 24.2. The lowest BCUT2D eigenvalue weighted by atomic mass is 9.96. The number of carboxylic acid groups (broad SMARTS) is 1. The van der Waals surface area contributed by atoms with Gasteiger partial charge in [0, 0.05) is 6.42 Å². The minimum absolute atomic E-state index is 0.0309. The van der Waals surface area contributed by atoms with Gasteiger partial charge in [-0.1, -0.05) is 72.1 Å². The van der Waals surface area contributed by atoms with Crippen LogP contribution in [0.5, 0.6) is 0 Å². The van der Waals surface area contributed by atoms with Crippen LogP contribution in [0.15, 0.2) is 0 Å². The van der Waals surface area contributed by atoms with Crippen LogP contribution in [0.1, 0.15) is 118 Å². The lowest BCUT2D eigenvalue weighted by molar-refractivity contribution is -0.396. The fraction of sp³-hybridized carbons (Fsp3) is 0.956. The molecule has 0 unspecified atom stereocenters. The second kappa shape index (κ2) is 28.4. The number of aliphatic hydroxyl groups is 11. The van der Waals surface area contributed by atoms with Gasteiger partial charge in [-0.15, -0.1) is 0 Å². The molecule has 68 heavy (non-hydrogen) atoms. The molecule has 0 aromatic carbocycles.